The van der Waals surface area contributed by atoms with E-state index in [9.17, 15) is 14.3 Å². The molecule has 2 N–H and O–H groups in total. The molecular weight excluding hydrogens is 275 g/mol. The number of aromatic nitrogens is 3. The van der Waals surface area contributed by atoms with Crippen molar-refractivity contribution in [2.75, 3.05) is 5.32 Å². The number of halogens is 1. The number of hydrogen-bond acceptors (Lipinski definition) is 4. The van der Waals surface area contributed by atoms with Crippen LogP contribution in [0.2, 0.25) is 0 Å². The van der Waals surface area contributed by atoms with E-state index < -0.39 is 11.9 Å². The molecule has 0 aliphatic heterocycles. The smallest absolute Gasteiger partial charge is 0.246 e. The first-order chi connectivity index (χ1) is 9.99. The van der Waals surface area contributed by atoms with Gasteiger partial charge in [0.15, 0.2) is 0 Å². The average Bonchev–Trinajstić information content (AvgIpc) is 2.90. The second kappa shape index (κ2) is 6.45. The summed E-state index contributed by atoms with van der Waals surface area (Å²) >= 11 is 0. The first-order valence-electron chi connectivity index (χ1n) is 6.63. The van der Waals surface area contributed by atoms with E-state index in [4.69, 9.17) is 0 Å². The van der Waals surface area contributed by atoms with Gasteiger partial charge in [-0.15, -0.1) is 5.10 Å². The SMILES string of the molecule is CCC(O)c1cn(CC(=O)Nc2cc(F)ccc2C)nn1. The number of nitrogens with zero attached hydrogens (tertiary/aromatic N) is 3. The van der Waals surface area contributed by atoms with Crippen LogP contribution < -0.4 is 5.32 Å². The zero-order valence-corrected chi connectivity index (χ0v) is 11.9. The molecule has 1 heterocycles. The van der Waals surface area contributed by atoms with Crippen molar-refractivity contribution in [2.45, 2.75) is 32.9 Å². The van der Waals surface area contributed by atoms with Crippen molar-refractivity contribution in [3.63, 3.8) is 0 Å². The molecule has 0 aliphatic carbocycles. The maximum absolute atomic E-state index is 13.1. The van der Waals surface area contributed by atoms with Gasteiger partial charge in [-0.25, -0.2) is 9.07 Å². The third kappa shape index (κ3) is 3.85. The molecule has 2 rings (SSSR count). The number of carbonyl (C=O) groups excluding carboxylic acids is 1. The lowest BCUT2D eigenvalue weighted by molar-refractivity contribution is -0.116. The Balaban J connectivity index is 2.01. The van der Waals surface area contributed by atoms with Crippen LogP contribution >= 0.6 is 0 Å². The molecule has 1 aromatic heterocycles. The summed E-state index contributed by atoms with van der Waals surface area (Å²) in [5.74, 6) is -0.754. The fourth-order valence-electron chi connectivity index (χ4n) is 1.82. The van der Waals surface area contributed by atoms with E-state index in [1.54, 1.807) is 13.0 Å². The van der Waals surface area contributed by atoms with Gasteiger partial charge in [0.1, 0.15) is 18.1 Å². The zero-order valence-electron chi connectivity index (χ0n) is 11.9. The molecule has 0 saturated carbocycles. The summed E-state index contributed by atoms with van der Waals surface area (Å²) in [5.41, 5.74) is 1.62. The van der Waals surface area contributed by atoms with Gasteiger partial charge in [-0.3, -0.25) is 4.79 Å². The molecule has 112 valence electrons. The summed E-state index contributed by atoms with van der Waals surface area (Å²) in [4.78, 5) is 11.9. The van der Waals surface area contributed by atoms with Crippen LogP contribution in [0.1, 0.15) is 30.7 Å². The number of anilines is 1. The summed E-state index contributed by atoms with van der Waals surface area (Å²) in [6, 6.07) is 4.19. The van der Waals surface area contributed by atoms with E-state index >= 15 is 0 Å². The highest BCUT2D eigenvalue weighted by molar-refractivity contribution is 5.91. The van der Waals surface area contributed by atoms with Crippen LogP contribution in [-0.4, -0.2) is 26.0 Å². The van der Waals surface area contributed by atoms with Crippen molar-refractivity contribution in [3.8, 4) is 0 Å². The quantitative estimate of drug-likeness (QED) is 0.880. The Morgan fingerprint density at radius 2 is 2.29 bits per heavy atom. The molecule has 1 atom stereocenters. The van der Waals surface area contributed by atoms with Crippen molar-refractivity contribution in [1.29, 1.82) is 0 Å². The minimum atomic E-state index is -0.688. The van der Waals surface area contributed by atoms with Crippen molar-refractivity contribution in [3.05, 3.63) is 41.5 Å². The molecule has 1 amide bonds. The van der Waals surface area contributed by atoms with E-state index in [0.717, 1.165) is 5.56 Å². The summed E-state index contributed by atoms with van der Waals surface area (Å²) in [5, 5.41) is 19.8. The van der Waals surface area contributed by atoms with E-state index in [1.807, 2.05) is 6.92 Å². The van der Waals surface area contributed by atoms with Gasteiger partial charge in [0.25, 0.3) is 0 Å². The minimum Gasteiger partial charge on any atom is -0.387 e. The molecule has 1 unspecified atom stereocenters. The highest BCUT2D eigenvalue weighted by Crippen LogP contribution is 2.16. The van der Waals surface area contributed by atoms with Gasteiger partial charge in [0.05, 0.1) is 12.3 Å². The molecule has 0 radical (unpaired) electrons. The van der Waals surface area contributed by atoms with E-state index in [0.29, 0.717) is 17.8 Å². The molecule has 0 bridgehead atoms. The number of aliphatic hydroxyl groups excluding tert-OH is 1. The lowest BCUT2D eigenvalue weighted by atomic mass is 10.2. The van der Waals surface area contributed by atoms with Crippen LogP contribution in [0.5, 0.6) is 0 Å². The summed E-state index contributed by atoms with van der Waals surface area (Å²) in [6.07, 6.45) is 1.35. The van der Waals surface area contributed by atoms with E-state index in [1.165, 1.54) is 23.0 Å². The van der Waals surface area contributed by atoms with Crippen LogP contribution in [0.15, 0.2) is 24.4 Å². The number of amides is 1. The standard InChI is InChI=1S/C14H17FN4O2/c1-3-13(20)12-7-19(18-17-12)8-14(21)16-11-6-10(15)5-4-9(11)2/h4-7,13,20H,3,8H2,1-2H3,(H,16,21). The second-order valence-corrected chi connectivity index (χ2v) is 4.77. The summed E-state index contributed by atoms with van der Waals surface area (Å²) < 4.78 is 14.5. The Bertz CT molecular complexity index is 642. The highest BCUT2D eigenvalue weighted by atomic mass is 19.1. The Hall–Kier alpha value is -2.28. The fraction of sp³-hybridized carbons (Fsp3) is 0.357. The largest absolute Gasteiger partial charge is 0.387 e. The molecule has 0 spiro atoms. The van der Waals surface area contributed by atoms with Crippen LogP contribution in [0, 0.1) is 12.7 Å². The van der Waals surface area contributed by atoms with Crippen LogP contribution in [0.4, 0.5) is 10.1 Å². The predicted octanol–water partition coefficient (Wildman–Crippen LogP) is 1.81. The van der Waals surface area contributed by atoms with Gasteiger partial charge < -0.3 is 10.4 Å². The molecule has 1 aromatic carbocycles. The van der Waals surface area contributed by atoms with Crippen molar-refractivity contribution >= 4 is 11.6 Å². The van der Waals surface area contributed by atoms with Crippen molar-refractivity contribution < 1.29 is 14.3 Å². The molecule has 0 fully saturated rings. The molecule has 21 heavy (non-hydrogen) atoms. The lowest BCUT2D eigenvalue weighted by Gasteiger charge is -2.08. The topological polar surface area (TPSA) is 80.0 Å². The molecule has 0 aliphatic rings. The first-order valence-corrected chi connectivity index (χ1v) is 6.63. The zero-order chi connectivity index (χ0) is 15.4. The third-order valence-electron chi connectivity index (χ3n) is 3.06. The third-order valence-corrected chi connectivity index (χ3v) is 3.06. The molecule has 0 saturated heterocycles. The van der Waals surface area contributed by atoms with Crippen LogP contribution in [0.25, 0.3) is 0 Å². The maximum Gasteiger partial charge on any atom is 0.246 e. The number of aryl methyl sites for hydroxylation is 1. The number of hydrogen-bond donors (Lipinski definition) is 2. The van der Waals surface area contributed by atoms with Crippen LogP contribution in [-0.2, 0) is 11.3 Å². The number of benzene rings is 1. The van der Waals surface area contributed by atoms with Gasteiger partial charge in [0.2, 0.25) is 5.91 Å². The van der Waals surface area contributed by atoms with Gasteiger partial charge in [-0.2, -0.15) is 0 Å². The highest BCUT2D eigenvalue weighted by Gasteiger charge is 2.12. The first kappa shape index (κ1) is 15.1. The maximum atomic E-state index is 13.1. The van der Waals surface area contributed by atoms with Gasteiger partial charge >= 0.3 is 0 Å². The van der Waals surface area contributed by atoms with Gasteiger partial charge in [-0.05, 0) is 31.0 Å². The average molecular weight is 292 g/mol. The number of aliphatic hydroxyl groups is 1. The molecular formula is C14H17FN4O2. The molecule has 2 aromatic rings. The summed E-state index contributed by atoms with van der Waals surface area (Å²) in [7, 11) is 0. The Morgan fingerprint density at radius 1 is 1.52 bits per heavy atom. The Morgan fingerprint density at radius 3 is 3.00 bits per heavy atom. The Labute approximate surface area is 121 Å². The van der Waals surface area contributed by atoms with Crippen molar-refractivity contribution in [1.82, 2.24) is 15.0 Å². The van der Waals surface area contributed by atoms with E-state index in [-0.39, 0.29) is 12.5 Å². The predicted molar refractivity (Wildman–Crippen MR) is 75.0 cm³/mol. The van der Waals surface area contributed by atoms with Crippen molar-refractivity contribution in [2.24, 2.45) is 0 Å². The number of carbonyl (C=O) groups is 1. The Kier molecular flexibility index (Phi) is 4.64. The van der Waals surface area contributed by atoms with E-state index in [2.05, 4.69) is 15.6 Å². The number of nitrogens with one attached hydrogen (secondary N) is 1. The lowest BCUT2D eigenvalue weighted by Crippen LogP contribution is -2.19. The minimum absolute atomic E-state index is 0.0562. The fourth-order valence-corrected chi connectivity index (χ4v) is 1.82. The van der Waals surface area contributed by atoms with Crippen LogP contribution in [0.3, 0.4) is 0 Å². The molecule has 7 heteroatoms. The second-order valence-electron chi connectivity index (χ2n) is 4.77. The van der Waals surface area contributed by atoms with Gasteiger partial charge in [-0.1, -0.05) is 18.2 Å². The summed E-state index contributed by atoms with van der Waals surface area (Å²) in [6.45, 7) is 3.54. The monoisotopic (exact) mass is 292 g/mol. The molecule has 6 nitrogen and oxygen atoms in total. The van der Waals surface area contributed by atoms with Gasteiger partial charge in [0, 0.05) is 5.69 Å². The number of rotatable bonds is 5. The normalized spacial score (nSPS) is 12.2.